The van der Waals surface area contributed by atoms with Crippen LogP contribution >= 0.6 is 11.6 Å². The average Bonchev–Trinajstić information content (AvgIpc) is 2.56. The van der Waals surface area contributed by atoms with Gasteiger partial charge in [-0.25, -0.2) is 0 Å². The Kier molecular flexibility index (Phi) is 3.87. The van der Waals surface area contributed by atoms with Crippen molar-refractivity contribution in [3.63, 3.8) is 0 Å². The Labute approximate surface area is 111 Å². The summed E-state index contributed by atoms with van der Waals surface area (Å²) >= 11 is 5.92. The number of hydrogen-bond donors (Lipinski definition) is 1. The van der Waals surface area contributed by atoms with Crippen LogP contribution in [-0.4, -0.2) is 36.3 Å². The largest absolute Gasteiger partial charge is 0.354 e. The van der Waals surface area contributed by atoms with E-state index in [0.29, 0.717) is 36.6 Å². The molecule has 2 rings (SSSR count). The summed E-state index contributed by atoms with van der Waals surface area (Å²) < 4.78 is 0. The van der Waals surface area contributed by atoms with E-state index >= 15 is 0 Å². The number of rotatable bonds is 1. The monoisotopic (exact) mass is 266 g/mol. The molecule has 5 heteroatoms. The fraction of sp³-hybridized carbons (Fsp3) is 0.385. The van der Waals surface area contributed by atoms with Gasteiger partial charge in [-0.15, -0.1) is 0 Å². The van der Waals surface area contributed by atoms with Crippen molar-refractivity contribution >= 4 is 23.4 Å². The highest BCUT2D eigenvalue weighted by atomic mass is 35.5. The van der Waals surface area contributed by atoms with Crippen molar-refractivity contribution in [2.45, 2.75) is 13.3 Å². The van der Waals surface area contributed by atoms with Crippen molar-refractivity contribution in [1.29, 1.82) is 0 Å². The molecule has 1 fully saturated rings. The van der Waals surface area contributed by atoms with Gasteiger partial charge in [0.15, 0.2) is 0 Å². The Hall–Kier alpha value is -1.55. The summed E-state index contributed by atoms with van der Waals surface area (Å²) in [7, 11) is 0. The minimum atomic E-state index is -0.0634. The lowest BCUT2D eigenvalue weighted by Crippen LogP contribution is -2.34. The number of hydrogen-bond acceptors (Lipinski definition) is 2. The summed E-state index contributed by atoms with van der Waals surface area (Å²) in [4.78, 5) is 25.3. The number of amides is 2. The molecule has 1 heterocycles. The summed E-state index contributed by atoms with van der Waals surface area (Å²) in [5.74, 6) is -0.0698. The van der Waals surface area contributed by atoms with Gasteiger partial charge in [-0.3, -0.25) is 9.59 Å². The van der Waals surface area contributed by atoms with Gasteiger partial charge < -0.3 is 10.2 Å². The van der Waals surface area contributed by atoms with E-state index in [4.69, 9.17) is 11.6 Å². The molecule has 1 N–H and O–H groups in total. The van der Waals surface area contributed by atoms with Crippen molar-refractivity contribution < 1.29 is 9.59 Å². The van der Waals surface area contributed by atoms with Gasteiger partial charge in [0, 0.05) is 36.6 Å². The smallest absolute Gasteiger partial charge is 0.254 e. The van der Waals surface area contributed by atoms with E-state index < -0.39 is 0 Å². The molecule has 0 unspecified atom stereocenters. The molecule has 2 amide bonds. The van der Waals surface area contributed by atoms with Crippen LogP contribution in [0.3, 0.4) is 0 Å². The maximum absolute atomic E-state index is 12.4. The fourth-order valence-corrected chi connectivity index (χ4v) is 2.14. The molecule has 1 aliphatic heterocycles. The van der Waals surface area contributed by atoms with E-state index in [1.54, 1.807) is 17.0 Å². The SMILES string of the molecule is Cc1ccc(Cl)cc1C(=O)N1CCNC(=O)CC1. The molecule has 0 atom stereocenters. The lowest BCUT2D eigenvalue weighted by atomic mass is 10.1. The third-order valence-electron chi connectivity index (χ3n) is 3.03. The highest BCUT2D eigenvalue weighted by Gasteiger charge is 2.21. The summed E-state index contributed by atoms with van der Waals surface area (Å²) in [6.07, 6.45) is 0.353. The zero-order valence-corrected chi connectivity index (χ0v) is 11.0. The molecule has 0 bridgehead atoms. The van der Waals surface area contributed by atoms with Gasteiger partial charge in [-0.1, -0.05) is 17.7 Å². The highest BCUT2D eigenvalue weighted by Crippen LogP contribution is 2.17. The van der Waals surface area contributed by atoms with E-state index in [0.717, 1.165) is 5.56 Å². The first kappa shape index (κ1) is 12.9. The normalized spacial score (nSPS) is 16.1. The Morgan fingerprint density at radius 1 is 1.39 bits per heavy atom. The minimum Gasteiger partial charge on any atom is -0.354 e. The molecule has 0 aromatic heterocycles. The number of halogens is 1. The molecule has 1 aliphatic rings. The third kappa shape index (κ3) is 2.82. The van der Waals surface area contributed by atoms with Crippen LogP contribution in [0.2, 0.25) is 5.02 Å². The van der Waals surface area contributed by atoms with Crippen LogP contribution in [0.4, 0.5) is 0 Å². The Morgan fingerprint density at radius 3 is 2.94 bits per heavy atom. The lowest BCUT2D eigenvalue weighted by Gasteiger charge is -2.20. The second-order valence-corrected chi connectivity index (χ2v) is 4.79. The van der Waals surface area contributed by atoms with E-state index in [-0.39, 0.29) is 11.8 Å². The maximum atomic E-state index is 12.4. The van der Waals surface area contributed by atoms with E-state index in [9.17, 15) is 9.59 Å². The third-order valence-corrected chi connectivity index (χ3v) is 3.27. The molecule has 0 spiro atoms. The van der Waals surface area contributed by atoms with Crippen molar-refractivity contribution in [2.75, 3.05) is 19.6 Å². The van der Waals surface area contributed by atoms with E-state index in [2.05, 4.69) is 5.32 Å². The van der Waals surface area contributed by atoms with Crippen LogP contribution in [0.15, 0.2) is 18.2 Å². The van der Waals surface area contributed by atoms with Gasteiger partial charge in [0.05, 0.1) is 0 Å². The zero-order valence-electron chi connectivity index (χ0n) is 10.2. The molecule has 0 aliphatic carbocycles. The molecule has 1 saturated heterocycles. The number of nitrogens with zero attached hydrogens (tertiary/aromatic N) is 1. The Balaban J connectivity index is 2.19. The minimum absolute atomic E-state index is 0.00637. The van der Waals surface area contributed by atoms with Crippen LogP contribution in [0, 0.1) is 6.92 Å². The zero-order chi connectivity index (χ0) is 13.1. The first-order valence-corrected chi connectivity index (χ1v) is 6.28. The van der Waals surface area contributed by atoms with Gasteiger partial charge >= 0.3 is 0 Å². The molecule has 4 nitrogen and oxygen atoms in total. The van der Waals surface area contributed by atoms with Crippen LogP contribution in [0.1, 0.15) is 22.3 Å². The number of carbonyl (C=O) groups is 2. The number of nitrogens with one attached hydrogen (secondary N) is 1. The molecule has 18 heavy (non-hydrogen) atoms. The Bertz CT molecular complexity index is 488. The summed E-state index contributed by atoms with van der Waals surface area (Å²) in [5.41, 5.74) is 1.50. The maximum Gasteiger partial charge on any atom is 0.254 e. The summed E-state index contributed by atoms with van der Waals surface area (Å²) in [5, 5.41) is 3.30. The van der Waals surface area contributed by atoms with Crippen molar-refractivity contribution in [1.82, 2.24) is 10.2 Å². The summed E-state index contributed by atoms with van der Waals surface area (Å²) in [6.45, 7) is 3.38. The first-order valence-electron chi connectivity index (χ1n) is 5.90. The predicted molar refractivity (Wildman–Crippen MR) is 69.7 cm³/mol. The van der Waals surface area contributed by atoms with E-state index in [1.807, 2.05) is 13.0 Å². The van der Waals surface area contributed by atoms with Crippen LogP contribution in [0.5, 0.6) is 0 Å². The standard InChI is InChI=1S/C13H15ClN2O2/c1-9-2-3-10(14)8-11(9)13(18)16-6-4-12(17)15-5-7-16/h2-3,8H,4-7H2,1H3,(H,15,17). The average molecular weight is 267 g/mol. The second kappa shape index (κ2) is 5.40. The first-order chi connectivity index (χ1) is 8.58. The quantitative estimate of drug-likeness (QED) is 0.840. The highest BCUT2D eigenvalue weighted by molar-refractivity contribution is 6.31. The van der Waals surface area contributed by atoms with Crippen molar-refractivity contribution in [3.05, 3.63) is 34.3 Å². The molecular weight excluding hydrogens is 252 g/mol. The molecule has 0 saturated carbocycles. The van der Waals surface area contributed by atoms with Crippen molar-refractivity contribution in [2.24, 2.45) is 0 Å². The van der Waals surface area contributed by atoms with Gasteiger partial charge in [0.1, 0.15) is 0 Å². The molecule has 1 aromatic carbocycles. The van der Waals surface area contributed by atoms with Gasteiger partial charge in [0.2, 0.25) is 5.91 Å². The van der Waals surface area contributed by atoms with Gasteiger partial charge in [0.25, 0.3) is 5.91 Å². The molecule has 96 valence electrons. The van der Waals surface area contributed by atoms with Gasteiger partial charge in [-0.2, -0.15) is 0 Å². The number of benzene rings is 1. The topological polar surface area (TPSA) is 49.4 Å². The number of carbonyl (C=O) groups excluding carboxylic acids is 2. The van der Waals surface area contributed by atoms with Crippen LogP contribution in [0.25, 0.3) is 0 Å². The lowest BCUT2D eigenvalue weighted by molar-refractivity contribution is -0.120. The Morgan fingerprint density at radius 2 is 2.17 bits per heavy atom. The molecular formula is C13H15ClN2O2. The van der Waals surface area contributed by atoms with Crippen molar-refractivity contribution in [3.8, 4) is 0 Å². The molecule has 0 radical (unpaired) electrons. The van der Waals surface area contributed by atoms with Crippen LogP contribution < -0.4 is 5.32 Å². The second-order valence-electron chi connectivity index (χ2n) is 4.35. The predicted octanol–water partition coefficient (Wildman–Crippen LogP) is 1.61. The number of aryl methyl sites for hydroxylation is 1. The van der Waals surface area contributed by atoms with Gasteiger partial charge in [-0.05, 0) is 24.6 Å². The van der Waals surface area contributed by atoms with E-state index in [1.165, 1.54) is 0 Å². The van der Waals surface area contributed by atoms with Crippen LogP contribution in [-0.2, 0) is 4.79 Å². The fourth-order valence-electron chi connectivity index (χ4n) is 1.97. The summed E-state index contributed by atoms with van der Waals surface area (Å²) in [6, 6.07) is 5.28. The molecule has 1 aromatic rings.